The van der Waals surface area contributed by atoms with Gasteiger partial charge in [0, 0.05) is 0 Å². The summed E-state index contributed by atoms with van der Waals surface area (Å²) in [6.07, 6.45) is 3.12. The highest BCUT2D eigenvalue weighted by atomic mass is 19.2. The molecule has 0 nitrogen and oxygen atoms in total. The molecule has 0 unspecified atom stereocenters. The van der Waals surface area contributed by atoms with E-state index in [1.54, 1.807) is 12.1 Å². The lowest BCUT2D eigenvalue weighted by molar-refractivity contribution is 0.479. The Balaban J connectivity index is 2.89. The van der Waals surface area contributed by atoms with Crippen molar-refractivity contribution in [3.63, 3.8) is 0 Å². The zero-order valence-corrected chi connectivity index (χ0v) is 10.3. The summed E-state index contributed by atoms with van der Waals surface area (Å²) < 4.78 is 27.3. The van der Waals surface area contributed by atoms with Gasteiger partial charge in [-0.15, -0.1) is 0 Å². The second-order valence-electron chi connectivity index (χ2n) is 4.71. The first kappa shape index (κ1) is 13.1. The van der Waals surface area contributed by atoms with Crippen LogP contribution in [0.1, 0.15) is 44.7 Å². The molecule has 90 valence electrons. The van der Waals surface area contributed by atoms with Crippen LogP contribution in [-0.4, -0.2) is 0 Å². The topological polar surface area (TPSA) is 0 Å². The Morgan fingerprint density at radius 1 is 1.06 bits per heavy atom. The van der Waals surface area contributed by atoms with Gasteiger partial charge >= 0.3 is 0 Å². The van der Waals surface area contributed by atoms with Gasteiger partial charge in [-0.25, -0.2) is 8.78 Å². The van der Waals surface area contributed by atoms with Crippen molar-refractivity contribution >= 4 is 0 Å². The number of benzene rings is 1. The molecule has 0 spiro atoms. The SMILES string of the molecule is CCCCc1ccc(CC(C)C)c(F)c1F. The van der Waals surface area contributed by atoms with Crippen molar-refractivity contribution < 1.29 is 8.78 Å². The Morgan fingerprint density at radius 3 is 2.19 bits per heavy atom. The molecule has 1 aromatic rings. The van der Waals surface area contributed by atoms with Gasteiger partial charge in [-0.3, -0.25) is 0 Å². The molecule has 0 N–H and O–H groups in total. The van der Waals surface area contributed by atoms with E-state index in [1.807, 2.05) is 20.8 Å². The van der Waals surface area contributed by atoms with E-state index in [4.69, 9.17) is 0 Å². The number of unbranched alkanes of at least 4 members (excludes halogenated alkanes) is 1. The van der Waals surface area contributed by atoms with Crippen LogP contribution in [0.25, 0.3) is 0 Å². The van der Waals surface area contributed by atoms with E-state index in [0.29, 0.717) is 29.9 Å². The summed E-state index contributed by atoms with van der Waals surface area (Å²) in [4.78, 5) is 0. The molecule has 0 amide bonds. The summed E-state index contributed by atoms with van der Waals surface area (Å²) in [7, 11) is 0. The molecule has 0 aromatic heterocycles. The Morgan fingerprint density at radius 2 is 1.62 bits per heavy atom. The summed E-state index contributed by atoms with van der Waals surface area (Å²) in [6, 6.07) is 3.45. The van der Waals surface area contributed by atoms with Gasteiger partial charge in [0.25, 0.3) is 0 Å². The third kappa shape index (κ3) is 3.29. The maximum Gasteiger partial charge on any atom is 0.162 e. The molecule has 0 bridgehead atoms. The van der Waals surface area contributed by atoms with Crippen molar-refractivity contribution in [2.45, 2.75) is 46.5 Å². The summed E-state index contributed by atoms with van der Waals surface area (Å²) in [6.45, 7) is 6.05. The molecule has 0 radical (unpaired) electrons. The van der Waals surface area contributed by atoms with Crippen molar-refractivity contribution in [2.24, 2.45) is 5.92 Å². The minimum atomic E-state index is -0.651. The van der Waals surface area contributed by atoms with Gasteiger partial charge in [0.05, 0.1) is 0 Å². The Hall–Kier alpha value is -0.920. The highest BCUT2D eigenvalue weighted by Gasteiger charge is 2.13. The number of halogens is 2. The van der Waals surface area contributed by atoms with E-state index >= 15 is 0 Å². The predicted octanol–water partition coefficient (Wildman–Crippen LogP) is 4.51. The molecular weight excluding hydrogens is 206 g/mol. The molecule has 0 atom stereocenters. The number of aryl methyl sites for hydroxylation is 1. The average Bonchev–Trinajstić information content (AvgIpc) is 2.23. The highest BCUT2D eigenvalue weighted by Crippen LogP contribution is 2.20. The van der Waals surface area contributed by atoms with Gasteiger partial charge in [-0.2, -0.15) is 0 Å². The fraction of sp³-hybridized carbons (Fsp3) is 0.571. The molecule has 0 heterocycles. The van der Waals surface area contributed by atoms with Gasteiger partial charge in [0.1, 0.15) is 0 Å². The fourth-order valence-corrected chi connectivity index (χ4v) is 1.79. The maximum absolute atomic E-state index is 13.7. The first-order chi connectivity index (χ1) is 7.56. The third-order valence-corrected chi connectivity index (χ3v) is 2.67. The average molecular weight is 226 g/mol. The molecule has 2 heteroatoms. The van der Waals surface area contributed by atoms with Crippen molar-refractivity contribution in [3.05, 3.63) is 34.9 Å². The molecule has 0 aliphatic carbocycles. The molecule has 0 saturated heterocycles. The van der Waals surface area contributed by atoms with Crippen molar-refractivity contribution in [1.82, 2.24) is 0 Å². The quantitative estimate of drug-likeness (QED) is 0.693. The van der Waals surface area contributed by atoms with Crippen LogP contribution >= 0.6 is 0 Å². The van der Waals surface area contributed by atoms with E-state index < -0.39 is 11.6 Å². The second kappa shape index (κ2) is 5.97. The lowest BCUT2D eigenvalue weighted by Gasteiger charge is -2.10. The van der Waals surface area contributed by atoms with Crippen molar-refractivity contribution in [2.75, 3.05) is 0 Å². The summed E-state index contributed by atoms with van der Waals surface area (Å²) in [5.74, 6) is -0.954. The molecule has 1 aromatic carbocycles. The van der Waals surface area contributed by atoms with Gasteiger partial charge in [-0.1, -0.05) is 39.3 Å². The summed E-state index contributed by atoms with van der Waals surface area (Å²) in [5, 5.41) is 0. The van der Waals surface area contributed by atoms with Crippen molar-refractivity contribution in [1.29, 1.82) is 0 Å². The lowest BCUT2D eigenvalue weighted by atomic mass is 9.99. The van der Waals surface area contributed by atoms with Crippen LogP contribution in [0.3, 0.4) is 0 Å². The van der Waals surface area contributed by atoms with Crippen LogP contribution in [0, 0.1) is 17.6 Å². The normalized spacial score (nSPS) is 11.1. The number of hydrogen-bond donors (Lipinski definition) is 0. The predicted molar refractivity (Wildman–Crippen MR) is 63.5 cm³/mol. The zero-order chi connectivity index (χ0) is 12.1. The second-order valence-corrected chi connectivity index (χ2v) is 4.71. The third-order valence-electron chi connectivity index (χ3n) is 2.67. The molecular formula is C14H20F2. The molecule has 0 aliphatic heterocycles. The first-order valence-corrected chi connectivity index (χ1v) is 6.02. The largest absolute Gasteiger partial charge is 0.203 e. The standard InChI is InChI=1S/C14H20F2/c1-4-5-6-11-7-8-12(9-10(2)3)14(16)13(11)15/h7-8,10H,4-6,9H2,1-3H3. The van der Waals surface area contributed by atoms with Crippen LogP contribution in [0.4, 0.5) is 8.78 Å². The molecule has 0 fully saturated rings. The van der Waals surface area contributed by atoms with E-state index in [0.717, 1.165) is 12.8 Å². The monoisotopic (exact) mass is 226 g/mol. The van der Waals surface area contributed by atoms with Gasteiger partial charge in [0.15, 0.2) is 11.6 Å². The van der Waals surface area contributed by atoms with Crippen LogP contribution in [0.5, 0.6) is 0 Å². The van der Waals surface area contributed by atoms with Crippen LogP contribution < -0.4 is 0 Å². The van der Waals surface area contributed by atoms with Gasteiger partial charge in [-0.05, 0) is 36.3 Å². The zero-order valence-electron chi connectivity index (χ0n) is 10.3. The Labute approximate surface area is 96.7 Å². The van der Waals surface area contributed by atoms with Gasteiger partial charge < -0.3 is 0 Å². The summed E-state index contributed by atoms with van der Waals surface area (Å²) >= 11 is 0. The molecule has 0 aliphatic rings. The smallest absolute Gasteiger partial charge is 0.162 e. The molecule has 0 saturated carbocycles. The van der Waals surface area contributed by atoms with E-state index in [2.05, 4.69) is 0 Å². The van der Waals surface area contributed by atoms with Crippen LogP contribution in [-0.2, 0) is 12.8 Å². The maximum atomic E-state index is 13.7. The Bertz CT molecular complexity index is 343. The summed E-state index contributed by atoms with van der Waals surface area (Å²) in [5.41, 5.74) is 1.000. The van der Waals surface area contributed by atoms with Gasteiger partial charge in [0.2, 0.25) is 0 Å². The minimum absolute atomic E-state index is 0.343. The minimum Gasteiger partial charge on any atom is -0.203 e. The Kier molecular flexibility index (Phi) is 4.91. The molecule has 16 heavy (non-hydrogen) atoms. The van der Waals surface area contributed by atoms with E-state index in [-0.39, 0.29) is 0 Å². The number of rotatable bonds is 5. The van der Waals surface area contributed by atoms with Crippen LogP contribution in [0.15, 0.2) is 12.1 Å². The first-order valence-electron chi connectivity index (χ1n) is 6.02. The van der Waals surface area contributed by atoms with Crippen molar-refractivity contribution in [3.8, 4) is 0 Å². The highest BCUT2D eigenvalue weighted by molar-refractivity contribution is 5.26. The van der Waals surface area contributed by atoms with E-state index in [1.165, 1.54) is 0 Å². The van der Waals surface area contributed by atoms with Crippen LogP contribution in [0.2, 0.25) is 0 Å². The molecule has 1 rings (SSSR count). The van der Waals surface area contributed by atoms with E-state index in [9.17, 15) is 8.78 Å². The fourth-order valence-electron chi connectivity index (χ4n) is 1.79. The number of hydrogen-bond acceptors (Lipinski definition) is 0. The lowest BCUT2D eigenvalue weighted by Crippen LogP contribution is -2.03.